The molecule has 3 amide bonds. The number of carbonyl (C=O) groups excluding carboxylic acids is 3. The Morgan fingerprint density at radius 3 is 2.00 bits per heavy atom. The molecule has 0 fully saturated rings. The Kier molecular flexibility index (Phi) is 9.62. The molecule has 6 heteroatoms. The van der Waals surface area contributed by atoms with Crippen LogP contribution >= 0.6 is 0 Å². The molecule has 0 spiro atoms. The van der Waals surface area contributed by atoms with Crippen LogP contribution in [-0.2, 0) is 14.4 Å². The van der Waals surface area contributed by atoms with Gasteiger partial charge in [-0.15, -0.1) is 0 Å². The Bertz CT molecular complexity index is 280. The van der Waals surface area contributed by atoms with E-state index in [4.69, 9.17) is 0 Å². The van der Waals surface area contributed by atoms with E-state index in [-0.39, 0.29) is 30.6 Å². The van der Waals surface area contributed by atoms with E-state index in [1.165, 1.54) is 0 Å². The van der Waals surface area contributed by atoms with Gasteiger partial charge in [-0.3, -0.25) is 14.4 Å². The van der Waals surface area contributed by atoms with Crippen molar-refractivity contribution in [1.29, 1.82) is 0 Å². The molecule has 0 heterocycles. The minimum Gasteiger partial charge on any atom is -0.359 e. The van der Waals surface area contributed by atoms with Crippen LogP contribution < -0.4 is 16.0 Å². The molecule has 0 saturated heterocycles. The number of amides is 3. The molecule has 0 aliphatic carbocycles. The summed E-state index contributed by atoms with van der Waals surface area (Å²) in [5.41, 5.74) is 0. The fourth-order valence-corrected chi connectivity index (χ4v) is 1.36. The molecular weight excluding hydrogens is 234 g/mol. The van der Waals surface area contributed by atoms with Gasteiger partial charge in [-0.2, -0.15) is 0 Å². The highest BCUT2D eigenvalue weighted by molar-refractivity contribution is 5.83. The molecule has 0 unspecified atom stereocenters. The number of carbonyl (C=O) groups is 3. The van der Waals surface area contributed by atoms with Gasteiger partial charge < -0.3 is 16.0 Å². The van der Waals surface area contributed by atoms with Crippen molar-refractivity contribution in [1.82, 2.24) is 16.0 Å². The maximum atomic E-state index is 11.3. The van der Waals surface area contributed by atoms with Crippen LogP contribution in [-0.4, -0.2) is 37.9 Å². The van der Waals surface area contributed by atoms with E-state index >= 15 is 0 Å². The van der Waals surface area contributed by atoms with E-state index in [2.05, 4.69) is 16.0 Å². The monoisotopic (exact) mass is 257 g/mol. The van der Waals surface area contributed by atoms with Gasteiger partial charge in [0.25, 0.3) is 0 Å². The Hall–Kier alpha value is -1.59. The number of hydrogen-bond donors (Lipinski definition) is 3. The van der Waals surface area contributed by atoms with Gasteiger partial charge in [0.15, 0.2) is 0 Å². The Balaban J connectivity index is 3.42. The molecule has 104 valence electrons. The first-order chi connectivity index (χ1) is 8.60. The zero-order chi connectivity index (χ0) is 13.8. The lowest BCUT2D eigenvalue weighted by molar-refractivity contribution is -0.126. The molecule has 6 nitrogen and oxygen atoms in total. The molecule has 0 aromatic rings. The summed E-state index contributed by atoms with van der Waals surface area (Å²) in [6.45, 7) is 2.97. The van der Waals surface area contributed by atoms with Crippen molar-refractivity contribution in [3.05, 3.63) is 0 Å². The largest absolute Gasteiger partial charge is 0.359 e. The molecule has 0 aliphatic heterocycles. The second-order valence-electron chi connectivity index (χ2n) is 3.93. The topological polar surface area (TPSA) is 87.3 Å². The summed E-state index contributed by atoms with van der Waals surface area (Å²) in [7, 11) is 1.60. The maximum absolute atomic E-state index is 11.3. The molecule has 0 atom stereocenters. The van der Waals surface area contributed by atoms with Gasteiger partial charge in [-0.05, 0) is 19.8 Å². The van der Waals surface area contributed by atoms with E-state index < -0.39 is 0 Å². The Labute approximate surface area is 108 Å². The van der Waals surface area contributed by atoms with Crippen LogP contribution in [0.2, 0.25) is 0 Å². The van der Waals surface area contributed by atoms with Crippen molar-refractivity contribution >= 4 is 17.7 Å². The third kappa shape index (κ3) is 9.62. The first kappa shape index (κ1) is 16.4. The molecule has 0 bridgehead atoms. The predicted molar refractivity (Wildman–Crippen MR) is 68.8 cm³/mol. The van der Waals surface area contributed by atoms with Crippen LogP contribution in [0.1, 0.15) is 39.0 Å². The van der Waals surface area contributed by atoms with Crippen LogP contribution in [0.5, 0.6) is 0 Å². The zero-order valence-corrected chi connectivity index (χ0v) is 11.2. The van der Waals surface area contributed by atoms with Gasteiger partial charge in [-0.1, -0.05) is 0 Å². The number of nitrogens with one attached hydrogen (secondary N) is 3. The Morgan fingerprint density at radius 2 is 1.44 bits per heavy atom. The molecule has 0 aromatic carbocycles. The minimum atomic E-state index is -0.124. The predicted octanol–water partition coefficient (Wildman–Crippen LogP) is -0.0648. The van der Waals surface area contributed by atoms with Gasteiger partial charge in [0.1, 0.15) is 0 Å². The lowest BCUT2D eigenvalue weighted by Crippen LogP contribution is -2.28. The summed E-state index contributed by atoms with van der Waals surface area (Å²) in [5, 5.41) is 7.89. The summed E-state index contributed by atoms with van der Waals surface area (Å²) in [6, 6.07) is 0. The lowest BCUT2D eigenvalue weighted by Gasteiger charge is -2.05. The third-order valence-corrected chi connectivity index (χ3v) is 2.38. The molecule has 0 saturated carbocycles. The maximum Gasteiger partial charge on any atom is 0.220 e. The molecular formula is C12H23N3O3. The summed E-state index contributed by atoms with van der Waals surface area (Å²) in [6.07, 6.45) is 2.42. The second kappa shape index (κ2) is 10.6. The smallest absolute Gasteiger partial charge is 0.220 e. The SMILES string of the molecule is CCNC(=O)CCC(=O)NCCCCC(=O)NC. The molecule has 0 radical (unpaired) electrons. The standard InChI is InChI=1S/C12H23N3O3/c1-3-14-11(17)7-8-12(18)15-9-5-4-6-10(16)13-2/h3-9H2,1-2H3,(H,13,16)(H,14,17)(H,15,18). The highest BCUT2D eigenvalue weighted by Gasteiger charge is 2.05. The van der Waals surface area contributed by atoms with Crippen LogP contribution in [0, 0.1) is 0 Å². The molecule has 3 N–H and O–H groups in total. The van der Waals surface area contributed by atoms with Crippen molar-refractivity contribution in [3.8, 4) is 0 Å². The molecule has 0 rings (SSSR count). The fraction of sp³-hybridized carbons (Fsp3) is 0.750. The highest BCUT2D eigenvalue weighted by atomic mass is 16.2. The van der Waals surface area contributed by atoms with E-state index in [1.807, 2.05) is 6.92 Å². The number of unbranched alkanes of at least 4 members (excludes halogenated alkanes) is 1. The van der Waals surface area contributed by atoms with Crippen LogP contribution in [0.4, 0.5) is 0 Å². The summed E-state index contributed by atoms with van der Waals surface area (Å²) >= 11 is 0. The van der Waals surface area contributed by atoms with E-state index in [1.54, 1.807) is 7.05 Å². The summed E-state index contributed by atoms with van der Waals surface area (Å²) in [4.78, 5) is 33.3. The van der Waals surface area contributed by atoms with E-state index in [0.717, 1.165) is 12.8 Å². The normalized spacial score (nSPS) is 9.67. The Morgan fingerprint density at radius 1 is 0.833 bits per heavy atom. The van der Waals surface area contributed by atoms with Crippen molar-refractivity contribution < 1.29 is 14.4 Å². The lowest BCUT2D eigenvalue weighted by atomic mass is 10.2. The number of hydrogen-bond acceptors (Lipinski definition) is 3. The average Bonchev–Trinajstić information content (AvgIpc) is 2.36. The highest BCUT2D eigenvalue weighted by Crippen LogP contribution is 1.94. The first-order valence-electron chi connectivity index (χ1n) is 6.34. The summed E-state index contributed by atoms with van der Waals surface area (Å²) in [5.74, 6) is -0.217. The van der Waals surface area contributed by atoms with Crippen LogP contribution in [0.25, 0.3) is 0 Å². The van der Waals surface area contributed by atoms with Crippen LogP contribution in [0.3, 0.4) is 0 Å². The van der Waals surface area contributed by atoms with Gasteiger partial charge in [-0.25, -0.2) is 0 Å². The minimum absolute atomic E-state index is 0.0116. The van der Waals surface area contributed by atoms with Crippen molar-refractivity contribution in [2.45, 2.75) is 39.0 Å². The first-order valence-corrected chi connectivity index (χ1v) is 6.34. The zero-order valence-electron chi connectivity index (χ0n) is 11.2. The summed E-state index contributed by atoms with van der Waals surface area (Å²) < 4.78 is 0. The van der Waals surface area contributed by atoms with Crippen molar-refractivity contribution in [2.24, 2.45) is 0 Å². The average molecular weight is 257 g/mol. The van der Waals surface area contributed by atoms with Gasteiger partial charge in [0.2, 0.25) is 17.7 Å². The van der Waals surface area contributed by atoms with E-state index in [9.17, 15) is 14.4 Å². The van der Waals surface area contributed by atoms with Crippen molar-refractivity contribution in [3.63, 3.8) is 0 Å². The quantitative estimate of drug-likeness (QED) is 0.505. The van der Waals surface area contributed by atoms with Gasteiger partial charge in [0, 0.05) is 39.4 Å². The third-order valence-electron chi connectivity index (χ3n) is 2.38. The fourth-order valence-electron chi connectivity index (χ4n) is 1.36. The molecule has 18 heavy (non-hydrogen) atoms. The van der Waals surface area contributed by atoms with Gasteiger partial charge in [0.05, 0.1) is 0 Å². The molecule has 0 aromatic heterocycles. The van der Waals surface area contributed by atoms with E-state index in [0.29, 0.717) is 19.5 Å². The van der Waals surface area contributed by atoms with Gasteiger partial charge >= 0.3 is 0 Å². The number of rotatable bonds is 9. The van der Waals surface area contributed by atoms with Crippen molar-refractivity contribution in [2.75, 3.05) is 20.1 Å². The molecule has 0 aliphatic rings. The van der Waals surface area contributed by atoms with Crippen LogP contribution in [0.15, 0.2) is 0 Å². The second-order valence-corrected chi connectivity index (χ2v) is 3.93.